The standard InChI is InChI=1S/C28H37ClN6O2/c1-17(2)21(33-23-22-20(31-16-32-23)14-30-25(34-22)26(3,4)5)24(36)35-13-12-28(37,27(6,7)15-35)18-8-10-19(29)11-9-18/h8-11,14,16-17,21,37H,12-13,15H2,1-7H3,(H,31,32,33). The lowest BCUT2D eigenvalue weighted by molar-refractivity contribution is -0.154. The van der Waals surface area contributed by atoms with E-state index in [4.69, 9.17) is 16.6 Å². The van der Waals surface area contributed by atoms with E-state index in [1.165, 1.54) is 6.33 Å². The third-order valence-electron chi connectivity index (χ3n) is 7.36. The predicted molar refractivity (Wildman–Crippen MR) is 146 cm³/mol. The van der Waals surface area contributed by atoms with Gasteiger partial charge in [-0.2, -0.15) is 0 Å². The largest absolute Gasteiger partial charge is 0.384 e. The van der Waals surface area contributed by atoms with Crippen molar-refractivity contribution in [2.24, 2.45) is 11.3 Å². The first kappa shape index (κ1) is 27.2. The third kappa shape index (κ3) is 5.27. The van der Waals surface area contributed by atoms with Crippen molar-refractivity contribution in [2.45, 2.75) is 71.9 Å². The van der Waals surface area contributed by atoms with Crippen molar-refractivity contribution >= 4 is 34.4 Å². The monoisotopic (exact) mass is 524 g/mol. The summed E-state index contributed by atoms with van der Waals surface area (Å²) in [6.45, 7) is 15.0. The minimum atomic E-state index is -1.07. The molecule has 3 heterocycles. The Morgan fingerprint density at radius 3 is 2.41 bits per heavy atom. The number of rotatable bonds is 5. The van der Waals surface area contributed by atoms with Crippen LogP contribution in [0.1, 0.15) is 66.3 Å². The van der Waals surface area contributed by atoms with Crippen molar-refractivity contribution in [3.05, 3.63) is 53.2 Å². The molecule has 0 radical (unpaired) electrons. The van der Waals surface area contributed by atoms with Crippen LogP contribution < -0.4 is 5.32 Å². The van der Waals surface area contributed by atoms with E-state index in [0.29, 0.717) is 47.2 Å². The molecule has 2 atom stereocenters. The van der Waals surface area contributed by atoms with Gasteiger partial charge in [0.2, 0.25) is 5.91 Å². The van der Waals surface area contributed by atoms with Gasteiger partial charge in [0, 0.05) is 28.9 Å². The van der Waals surface area contributed by atoms with E-state index in [1.807, 2.05) is 44.7 Å². The second kappa shape index (κ2) is 9.80. The molecular weight excluding hydrogens is 488 g/mol. The maximum absolute atomic E-state index is 13.9. The Bertz CT molecular complexity index is 1290. The Labute approximate surface area is 223 Å². The molecule has 0 saturated carbocycles. The van der Waals surface area contributed by atoms with E-state index < -0.39 is 17.1 Å². The zero-order valence-corrected chi connectivity index (χ0v) is 23.5. The van der Waals surface area contributed by atoms with Crippen LogP contribution in [0.4, 0.5) is 5.82 Å². The molecule has 2 aromatic heterocycles. The van der Waals surface area contributed by atoms with E-state index in [-0.39, 0.29) is 17.2 Å². The van der Waals surface area contributed by atoms with Gasteiger partial charge in [-0.3, -0.25) is 4.79 Å². The van der Waals surface area contributed by atoms with Crippen LogP contribution in [-0.4, -0.2) is 55.0 Å². The Kier molecular flexibility index (Phi) is 7.20. The van der Waals surface area contributed by atoms with Gasteiger partial charge in [0.05, 0.1) is 11.8 Å². The first-order chi connectivity index (χ1) is 17.2. The van der Waals surface area contributed by atoms with Gasteiger partial charge in [-0.1, -0.05) is 72.2 Å². The predicted octanol–water partition coefficient (Wildman–Crippen LogP) is 4.95. The SMILES string of the molecule is CC(C)C(Nc1ncnc2cnc(C(C)(C)C)nc12)C(=O)N1CCC(O)(c2ccc(Cl)cc2)C(C)(C)C1. The highest BCUT2D eigenvalue weighted by Gasteiger charge is 2.50. The number of amides is 1. The zero-order valence-electron chi connectivity index (χ0n) is 22.7. The molecule has 1 aliphatic heterocycles. The van der Waals surface area contributed by atoms with Crippen molar-refractivity contribution in [1.82, 2.24) is 24.8 Å². The van der Waals surface area contributed by atoms with Gasteiger partial charge in [-0.25, -0.2) is 19.9 Å². The van der Waals surface area contributed by atoms with Crippen molar-refractivity contribution in [2.75, 3.05) is 18.4 Å². The molecule has 1 amide bonds. The van der Waals surface area contributed by atoms with Crippen LogP contribution >= 0.6 is 11.6 Å². The number of benzene rings is 1. The molecule has 198 valence electrons. The lowest BCUT2D eigenvalue weighted by atomic mass is 9.66. The van der Waals surface area contributed by atoms with Crippen LogP contribution in [0.25, 0.3) is 11.0 Å². The summed E-state index contributed by atoms with van der Waals surface area (Å²) in [5, 5.41) is 15.7. The van der Waals surface area contributed by atoms with Crippen LogP contribution in [0, 0.1) is 11.3 Å². The summed E-state index contributed by atoms with van der Waals surface area (Å²) in [4.78, 5) is 33.7. The summed E-state index contributed by atoms with van der Waals surface area (Å²) in [7, 11) is 0. The first-order valence-electron chi connectivity index (χ1n) is 12.7. The summed E-state index contributed by atoms with van der Waals surface area (Å²) in [6, 6.07) is 6.80. The zero-order chi connectivity index (χ0) is 27.2. The van der Waals surface area contributed by atoms with Gasteiger partial charge in [0.1, 0.15) is 29.2 Å². The minimum Gasteiger partial charge on any atom is -0.384 e. The van der Waals surface area contributed by atoms with Crippen LogP contribution in [0.5, 0.6) is 0 Å². The number of hydrogen-bond acceptors (Lipinski definition) is 7. The lowest BCUT2D eigenvalue weighted by Gasteiger charge is -2.51. The molecule has 2 unspecified atom stereocenters. The van der Waals surface area contributed by atoms with Gasteiger partial charge < -0.3 is 15.3 Å². The number of carbonyl (C=O) groups excluding carboxylic acids is 1. The molecule has 0 bridgehead atoms. The molecule has 9 heteroatoms. The highest BCUT2D eigenvalue weighted by atomic mass is 35.5. The summed E-state index contributed by atoms with van der Waals surface area (Å²) >= 11 is 6.07. The number of halogens is 1. The van der Waals surface area contributed by atoms with Gasteiger partial charge >= 0.3 is 0 Å². The molecule has 0 spiro atoms. The fourth-order valence-corrected chi connectivity index (χ4v) is 5.08. The highest BCUT2D eigenvalue weighted by Crippen LogP contribution is 2.46. The summed E-state index contributed by atoms with van der Waals surface area (Å²) in [5.41, 5.74) is 0.138. The number of hydrogen-bond donors (Lipinski definition) is 2. The molecule has 1 fully saturated rings. The highest BCUT2D eigenvalue weighted by molar-refractivity contribution is 6.30. The van der Waals surface area contributed by atoms with E-state index >= 15 is 0 Å². The normalized spacial score (nSPS) is 20.8. The fraction of sp³-hybridized carbons (Fsp3) is 0.536. The third-order valence-corrected chi connectivity index (χ3v) is 7.61. The molecule has 1 saturated heterocycles. The minimum absolute atomic E-state index is 0.0124. The van der Waals surface area contributed by atoms with Crippen LogP contribution in [0.15, 0.2) is 36.8 Å². The number of piperidine rings is 1. The van der Waals surface area contributed by atoms with Gasteiger partial charge in [-0.15, -0.1) is 0 Å². The second-order valence-electron chi connectivity index (χ2n) is 12.0. The van der Waals surface area contributed by atoms with E-state index in [2.05, 4.69) is 41.0 Å². The molecule has 4 rings (SSSR count). The fourth-order valence-electron chi connectivity index (χ4n) is 4.95. The Morgan fingerprint density at radius 2 is 1.81 bits per heavy atom. The number of fused-ring (bicyclic) bond motifs is 1. The van der Waals surface area contributed by atoms with Crippen LogP contribution in [-0.2, 0) is 15.8 Å². The lowest BCUT2D eigenvalue weighted by Crippen LogP contribution is -2.59. The number of nitrogens with one attached hydrogen (secondary N) is 1. The molecule has 1 aliphatic rings. The molecule has 37 heavy (non-hydrogen) atoms. The van der Waals surface area contributed by atoms with E-state index in [9.17, 15) is 9.90 Å². The van der Waals surface area contributed by atoms with Crippen molar-refractivity contribution < 1.29 is 9.90 Å². The van der Waals surface area contributed by atoms with Gasteiger partial charge in [0.25, 0.3) is 0 Å². The summed E-state index contributed by atoms with van der Waals surface area (Å²) in [5.74, 6) is 1.16. The smallest absolute Gasteiger partial charge is 0.245 e. The van der Waals surface area contributed by atoms with Gasteiger partial charge in [-0.05, 0) is 30.0 Å². The molecule has 3 aromatic rings. The average Bonchev–Trinajstić information content (AvgIpc) is 2.83. The number of nitrogens with zero attached hydrogens (tertiary/aromatic N) is 5. The average molecular weight is 525 g/mol. The Balaban J connectivity index is 1.60. The Morgan fingerprint density at radius 1 is 1.14 bits per heavy atom. The summed E-state index contributed by atoms with van der Waals surface area (Å²) < 4.78 is 0. The van der Waals surface area contributed by atoms with Crippen LogP contribution in [0.2, 0.25) is 5.02 Å². The van der Waals surface area contributed by atoms with Crippen molar-refractivity contribution in [3.63, 3.8) is 0 Å². The number of aliphatic hydroxyl groups is 1. The second-order valence-corrected chi connectivity index (χ2v) is 12.5. The molecule has 2 N–H and O–H groups in total. The van der Waals surface area contributed by atoms with Crippen molar-refractivity contribution in [1.29, 1.82) is 0 Å². The number of likely N-dealkylation sites (tertiary alicyclic amines) is 1. The number of anilines is 1. The number of aromatic nitrogens is 4. The summed E-state index contributed by atoms with van der Waals surface area (Å²) in [6.07, 6.45) is 3.59. The number of carbonyl (C=O) groups is 1. The molecular formula is C28H37ClN6O2. The van der Waals surface area contributed by atoms with E-state index in [1.54, 1.807) is 18.3 Å². The Hall–Kier alpha value is -2.84. The first-order valence-corrected chi connectivity index (χ1v) is 13.1. The topological polar surface area (TPSA) is 104 Å². The van der Waals surface area contributed by atoms with E-state index in [0.717, 1.165) is 5.56 Å². The molecule has 1 aromatic carbocycles. The van der Waals surface area contributed by atoms with Crippen molar-refractivity contribution in [3.8, 4) is 0 Å². The maximum atomic E-state index is 13.9. The van der Waals surface area contributed by atoms with Gasteiger partial charge in [0.15, 0.2) is 5.82 Å². The molecule has 8 nitrogen and oxygen atoms in total. The quantitative estimate of drug-likeness (QED) is 0.486. The molecule has 0 aliphatic carbocycles. The maximum Gasteiger partial charge on any atom is 0.245 e. The van der Waals surface area contributed by atoms with Crippen LogP contribution in [0.3, 0.4) is 0 Å².